The highest BCUT2D eigenvalue weighted by Gasteiger charge is 1.79. The molecule has 0 rings (SSSR count). The lowest BCUT2D eigenvalue weighted by Crippen LogP contribution is -2.81. The monoisotopic (exact) mass is 93.0 g/mol. The second-order valence-electron chi connectivity index (χ2n) is 0.456. The molecule has 1 amide bonds. The highest BCUT2D eigenvalue weighted by molar-refractivity contribution is 7.51. The predicted molar refractivity (Wildman–Crippen MR) is 17.3 cm³/mol. The molecule has 0 aliphatic rings. The Bertz CT molecular complexity index is 44.9. The van der Waals surface area contributed by atoms with Gasteiger partial charge < -0.3 is 22.6 Å². The summed E-state index contributed by atoms with van der Waals surface area (Å²) >= 11 is 3.95. The van der Waals surface area contributed by atoms with Gasteiger partial charge in [0.05, 0.1) is 0 Å². The van der Waals surface area contributed by atoms with Crippen LogP contribution in [0.15, 0.2) is 0 Å². The Kier molecular flexibility index (Phi) is 1.95. The molecule has 0 bridgehead atoms. The highest BCUT2D eigenvalue weighted by atomic mass is 32.1. The number of primary amides is 1. The molecule has 0 aromatic heterocycles. The maximum Gasteiger partial charge on any atom is 0.492 e. The van der Waals surface area contributed by atoms with E-state index in [4.69, 9.17) is 5.11 Å². The summed E-state index contributed by atoms with van der Waals surface area (Å²) in [5.41, 5.74) is 0. The van der Waals surface area contributed by atoms with Crippen LogP contribution in [0.4, 0.5) is 4.79 Å². The van der Waals surface area contributed by atoms with E-state index in [2.05, 4.69) is 12.8 Å². The van der Waals surface area contributed by atoms with Crippen molar-refractivity contribution in [1.29, 1.82) is 0 Å². The molecule has 5 heavy (non-hydrogen) atoms. The van der Waals surface area contributed by atoms with Gasteiger partial charge in [-0.25, -0.2) is 0 Å². The van der Waals surface area contributed by atoms with Crippen LogP contribution in [0.1, 0.15) is 0 Å². The van der Waals surface area contributed by atoms with Gasteiger partial charge in [0, 0.05) is 0 Å². The van der Waals surface area contributed by atoms with Crippen molar-refractivity contribution in [3.8, 4) is 0 Å². The van der Waals surface area contributed by atoms with Gasteiger partial charge in [0.2, 0.25) is 0 Å². The zero-order chi connectivity index (χ0) is 4.28. The summed E-state index contributed by atoms with van der Waals surface area (Å²) in [6, 6.07) is 0. The van der Waals surface area contributed by atoms with Gasteiger partial charge in [-0.2, -0.15) is 4.79 Å². The van der Waals surface area contributed by atoms with Crippen molar-refractivity contribution in [1.82, 2.24) is 0 Å². The third-order valence-electron chi connectivity index (χ3n) is 0.101. The van der Waals surface area contributed by atoms with E-state index in [-0.39, 0.29) is 0 Å². The fourth-order valence-corrected chi connectivity index (χ4v) is 0. The lowest BCUT2D eigenvalue weighted by molar-refractivity contribution is -0.384. The van der Waals surface area contributed by atoms with E-state index in [9.17, 15) is 4.79 Å². The van der Waals surface area contributed by atoms with Crippen LogP contribution in [0.25, 0.3) is 0 Å². The smallest absolute Gasteiger partial charge is 0.485 e. The molecule has 0 aliphatic heterocycles. The summed E-state index contributed by atoms with van der Waals surface area (Å²) in [6.07, 6.45) is -1.06. The largest absolute Gasteiger partial charge is 0.492 e. The third kappa shape index (κ3) is 3.78. The van der Waals surface area contributed by atoms with Gasteiger partial charge in [-0.05, 0) is 0 Å². The van der Waals surface area contributed by atoms with Crippen molar-refractivity contribution in [2.75, 3.05) is 0 Å². The predicted octanol–water partition coefficient (Wildman–Crippen LogP) is -1.31. The molecule has 0 aromatic carbocycles. The van der Waals surface area contributed by atoms with E-state index in [1.807, 2.05) is 0 Å². The summed E-state index contributed by atoms with van der Waals surface area (Å²) in [6.45, 7) is 0. The zero-order valence-electron chi connectivity index (χ0n) is 2.34. The number of amides is 1. The molecule has 30 valence electrons. The molecule has 0 atom stereocenters. The SMILES string of the molecule is O=C(O)[NH2+][S-]. The Morgan fingerprint density at radius 3 is 2.20 bits per heavy atom. The van der Waals surface area contributed by atoms with Gasteiger partial charge in [0.25, 0.3) is 0 Å². The number of carboxylic acid groups (broad SMARTS) is 1. The van der Waals surface area contributed by atoms with Crippen LogP contribution in [0, 0.1) is 0 Å². The van der Waals surface area contributed by atoms with E-state index < -0.39 is 6.09 Å². The first-order valence-electron chi connectivity index (χ1n) is 0.952. The average Bonchev–Trinajstić information content (AvgIpc) is 1.38. The molecule has 0 radical (unpaired) electrons. The zero-order valence-corrected chi connectivity index (χ0v) is 3.16. The van der Waals surface area contributed by atoms with Gasteiger partial charge in [0.15, 0.2) is 0 Å². The number of carbonyl (C=O) groups is 1. The number of rotatable bonds is 0. The van der Waals surface area contributed by atoms with Crippen molar-refractivity contribution in [3.63, 3.8) is 0 Å². The van der Waals surface area contributed by atoms with Crippen LogP contribution in [-0.2, 0) is 12.8 Å². The van der Waals surface area contributed by atoms with Gasteiger partial charge in [-0.3, -0.25) is 0 Å². The van der Waals surface area contributed by atoms with Gasteiger partial charge in [-0.15, -0.1) is 0 Å². The lowest BCUT2D eigenvalue weighted by Gasteiger charge is -1.85. The third-order valence-corrected chi connectivity index (χ3v) is 0.302. The van der Waals surface area contributed by atoms with Crippen LogP contribution < -0.4 is 4.72 Å². The topological polar surface area (TPSA) is 53.9 Å². The van der Waals surface area contributed by atoms with E-state index in [1.54, 1.807) is 0 Å². The first-order chi connectivity index (χ1) is 2.27. The summed E-state index contributed by atoms with van der Waals surface area (Å²) in [4.78, 5) is 9.21. The Balaban J connectivity index is 2.85. The maximum atomic E-state index is 9.21. The van der Waals surface area contributed by atoms with Crippen molar-refractivity contribution in [2.45, 2.75) is 0 Å². The van der Waals surface area contributed by atoms with Crippen molar-refractivity contribution >= 4 is 18.9 Å². The molecule has 0 aromatic rings. The minimum absolute atomic E-state index is 0.667. The molecule has 0 aliphatic carbocycles. The Hall–Kier alpha value is -0.220. The fourth-order valence-electron chi connectivity index (χ4n) is 0. The van der Waals surface area contributed by atoms with Crippen molar-refractivity contribution < 1.29 is 14.6 Å². The van der Waals surface area contributed by atoms with E-state index in [1.165, 1.54) is 0 Å². The summed E-state index contributed by atoms with van der Waals surface area (Å²) in [5, 5.41) is 7.56. The molecular formula is CH3NO2S. The molecule has 3 nitrogen and oxygen atoms in total. The van der Waals surface area contributed by atoms with Crippen LogP contribution in [0.5, 0.6) is 0 Å². The highest BCUT2D eigenvalue weighted by Crippen LogP contribution is 1.33. The van der Waals surface area contributed by atoms with E-state index in [0.717, 1.165) is 0 Å². The Morgan fingerprint density at radius 1 is 2.00 bits per heavy atom. The molecule has 0 fully saturated rings. The molecule has 0 heterocycles. The lowest BCUT2D eigenvalue weighted by atomic mass is 11.3. The number of nitrogens with two attached hydrogens (primary N) is 1. The van der Waals surface area contributed by atoms with Gasteiger partial charge >= 0.3 is 6.09 Å². The van der Waals surface area contributed by atoms with Crippen LogP contribution >= 0.6 is 0 Å². The molecular weight excluding hydrogens is 90.1 g/mol. The first-order valence-corrected chi connectivity index (χ1v) is 1.42. The van der Waals surface area contributed by atoms with E-state index in [0.29, 0.717) is 4.72 Å². The van der Waals surface area contributed by atoms with Crippen LogP contribution in [-0.4, -0.2) is 11.2 Å². The second kappa shape index (κ2) is 2.04. The van der Waals surface area contributed by atoms with Crippen LogP contribution in [0.3, 0.4) is 0 Å². The average molecular weight is 93.1 g/mol. The van der Waals surface area contributed by atoms with Crippen molar-refractivity contribution in [3.05, 3.63) is 0 Å². The summed E-state index contributed by atoms with van der Waals surface area (Å²) in [7, 11) is 0. The first kappa shape index (κ1) is 4.78. The van der Waals surface area contributed by atoms with Crippen molar-refractivity contribution in [2.24, 2.45) is 0 Å². The van der Waals surface area contributed by atoms with E-state index >= 15 is 0 Å². The van der Waals surface area contributed by atoms with Gasteiger partial charge in [-0.1, -0.05) is 0 Å². The minimum atomic E-state index is -1.06. The normalized spacial score (nSPS) is 7.40. The number of hydrogen-bond acceptors (Lipinski definition) is 2. The molecule has 3 N–H and O–H groups in total. The standard InChI is InChI=1S/CH3NO2S/c3-1(4)2-5/h2H2,(H,3,4). The number of hydrogen-bond donors (Lipinski definition) is 2. The Labute approximate surface area is 34.5 Å². The Morgan fingerprint density at radius 2 is 2.20 bits per heavy atom. The molecule has 4 heteroatoms. The second-order valence-corrected chi connectivity index (χ2v) is 0.692. The molecule has 0 saturated carbocycles. The number of quaternary nitrogens is 1. The quantitative estimate of drug-likeness (QED) is 0.365. The van der Waals surface area contributed by atoms with Crippen LogP contribution in [0.2, 0.25) is 0 Å². The minimum Gasteiger partial charge on any atom is -0.485 e. The summed E-state index contributed by atoms with van der Waals surface area (Å²) < 4.78 is 0.667. The summed E-state index contributed by atoms with van der Waals surface area (Å²) in [5.74, 6) is 0. The fraction of sp³-hybridized carbons (Fsp3) is 0. The maximum absolute atomic E-state index is 9.21. The molecule has 0 unspecified atom stereocenters. The molecule has 0 saturated heterocycles. The van der Waals surface area contributed by atoms with Gasteiger partial charge in [0.1, 0.15) is 0 Å². The molecule has 0 spiro atoms.